The SMILES string of the molecule is Cc1cn(C2OC(CO[Si](C)(C)C(C)(C)C)C3(OS(=O)(=O)C=C3NC(=O)NC(=O)c3ccccc3)C2O[Si](C)(C)C(C)(C)C)c(=O)n(C)c1=O. The summed E-state index contributed by atoms with van der Waals surface area (Å²) in [6.07, 6.45) is -2.65. The Morgan fingerprint density at radius 1 is 0.980 bits per heavy atom. The number of nitrogens with one attached hydrogen (secondary N) is 2. The number of hydrogen-bond donors (Lipinski definition) is 2. The maximum atomic E-state index is 13.7. The van der Waals surface area contributed by atoms with E-state index >= 15 is 0 Å². The predicted molar refractivity (Wildman–Crippen MR) is 193 cm³/mol. The van der Waals surface area contributed by atoms with E-state index < -0.39 is 79.0 Å². The van der Waals surface area contributed by atoms with Gasteiger partial charge in [0, 0.05) is 24.4 Å². The van der Waals surface area contributed by atoms with Crippen molar-refractivity contribution in [1.82, 2.24) is 19.8 Å². The number of ether oxygens (including phenoxy) is 1. The second kappa shape index (κ2) is 13.4. The number of aryl methyl sites for hydroxylation is 1. The van der Waals surface area contributed by atoms with Gasteiger partial charge in [-0.3, -0.25) is 24.0 Å². The van der Waals surface area contributed by atoms with Crippen LogP contribution in [0.5, 0.6) is 0 Å². The van der Waals surface area contributed by atoms with E-state index in [0.717, 1.165) is 9.98 Å². The Labute approximate surface area is 295 Å². The average Bonchev–Trinajstić information content (AvgIpc) is 3.43. The topological polar surface area (TPSA) is 173 Å². The highest BCUT2D eigenvalue weighted by Crippen LogP contribution is 2.52. The third kappa shape index (κ3) is 7.54. The number of benzene rings is 1. The van der Waals surface area contributed by atoms with Crippen molar-refractivity contribution >= 4 is 38.7 Å². The van der Waals surface area contributed by atoms with E-state index in [0.29, 0.717) is 0 Å². The summed E-state index contributed by atoms with van der Waals surface area (Å²) in [5, 5.41) is 4.88. The molecule has 1 fully saturated rings. The molecule has 276 valence electrons. The lowest BCUT2D eigenvalue weighted by Gasteiger charge is -2.44. The lowest BCUT2D eigenvalue weighted by molar-refractivity contribution is -0.0571. The number of aromatic nitrogens is 2. The van der Waals surface area contributed by atoms with Gasteiger partial charge in [0.2, 0.25) is 0 Å². The number of nitrogens with zero attached hydrogens (tertiary/aromatic N) is 2. The van der Waals surface area contributed by atoms with Crippen molar-refractivity contribution in [3.8, 4) is 0 Å². The maximum Gasteiger partial charge on any atom is 0.332 e. The molecule has 0 radical (unpaired) electrons. The van der Waals surface area contributed by atoms with Gasteiger partial charge in [0.15, 0.2) is 28.5 Å². The van der Waals surface area contributed by atoms with Gasteiger partial charge in [-0.1, -0.05) is 59.7 Å². The highest BCUT2D eigenvalue weighted by atomic mass is 32.2. The first kappa shape index (κ1) is 39.6. The highest BCUT2D eigenvalue weighted by Gasteiger charge is 2.68. The number of amides is 3. The van der Waals surface area contributed by atoms with Crippen LogP contribution in [0.1, 0.15) is 63.7 Å². The number of rotatable bonds is 8. The van der Waals surface area contributed by atoms with Crippen molar-refractivity contribution in [3.63, 3.8) is 0 Å². The molecule has 0 bridgehead atoms. The van der Waals surface area contributed by atoms with E-state index in [1.165, 1.54) is 29.9 Å². The molecule has 17 heteroatoms. The van der Waals surface area contributed by atoms with Gasteiger partial charge in [-0.2, -0.15) is 8.42 Å². The minimum absolute atomic E-state index is 0.204. The number of urea groups is 1. The van der Waals surface area contributed by atoms with Gasteiger partial charge in [0.25, 0.3) is 21.6 Å². The predicted octanol–water partition coefficient (Wildman–Crippen LogP) is 4.24. The number of carbonyl (C=O) groups excluding carboxylic acids is 2. The van der Waals surface area contributed by atoms with Gasteiger partial charge < -0.3 is 18.9 Å². The highest BCUT2D eigenvalue weighted by molar-refractivity contribution is 7.90. The third-order valence-corrected chi connectivity index (χ3v) is 20.3. The van der Waals surface area contributed by atoms with Crippen molar-refractivity contribution in [1.29, 1.82) is 0 Å². The second-order valence-corrected chi connectivity index (χ2v) is 26.9. The minimum atomic E-state index is -4.51. The first-order valence-electron chi connectivity index (χ1n) is 16.4. The smallest absolute Gasteiger partial charge is 0.332 e. The number of carbonyl (C=O) groups is 2. The molecule has 4 rings (SSSR count). The summed E-state index contributed by atoms with van der Waals surface area (Å²) in [6.45, 7) is 21.3. The van der Waals surface area contributed by atoms with E-state index in [1.54, 1.807) is 25.1 Å². The van der Waals surface area contributed by atoms with E-state index in [1.807, 2.05) is 67.7 Å². The Morgan fingerprint density at radius 3 is 2.12 bits per heavy atom. The Morgan fingerprint density at radius 2 is 1.56 bits per heavy atom. The summed E-state index contributed by atoms with van der Waals surface area (Å²) in [7, 11) is -8.58. The summed E-state index contributed by atoms with van der Waals surface area (Å²) < 4.78 is 55.3. The van der Waals surface area contributed by atoms with Crippen LogP contribution in [-0.2, 0) is 34.9 Å². The van der Waals surface area contributed by atoms with Crippen molar-refractivity contribution in [2.24, 2.45) is 7.05 Å². The van der Waals surface area contributed by atoms with E-state index in [-0.39, 0.29) is 28.5 Å². The maximum absolute atomic E-state index is 13.7. The van der Waals surface area contributed by atoms with Crippen LogP contribution in [0.15, 0.2) is 57.2 Å². The van der Waals surface area contributed by atoms with Crippen LogP contribution in [0, 0.1) is 6.92 Å². The molecule has 1 saturated heterocycles. The van der Waals surface area contributed by atoms with Gasteiger partial charge in [-0.25, -0.2) is 13.8 Å². The minimum Gasteiger partial charge on any atom is -0.414 e. The van der Waals surface area contributed by atoms with Crippen molar-refractivity contribution in [3.05, 3.63) is 79.6 Å². The van der Waals surface area contributed by atoms with Crippen molar-refractivity contribution < 1.29 is 35.8 Å². The van der Waals surface area contributed by atoms with Gasteiger partial charge in [-0.05, 0) is 55.3 Å². The van der Waals surface area contributed by atoms with E-state index in [9.17, 15) is 27.6 Å². The third-order valence-electron chi connectivity index (χ3n) is 10.3. The molecular formula is C33H50N4O10SSi2. The Kier molecular flexibility index (Phi) is 10.6. The molecule has 4 atom stereocenters. The zero-order valence-electron chi connectivity index (χ0n) is 30.9. The lowest BCUT2D eigenvalue weighted by atomic mass is 9.89. The molecule has 1 aromatic heterocycles. The number of imide groups is 1. The Hall–Kier alpha value is -3.20. The average molecular weight is 751 g/mol. The van der Waals surface area contributed by atoms with Gasteiger partial charge in [0.1, 0.15) is 12.2 Å². The molecule has 14 nitrogen and oxygen atoms in total. The van der Waals surface area contributed by atoms with Crippen LogP contribution in [0.25, 0.3) is 0 Å². The van der Waals surface area contributed by atoms with Gasteiger partial charge in [-0.15, -0.1) is 0 Å². The summed E-state index contributed by atoms with van der Waals surface area (Å²) in [5.74, 6) is -0.723. The summed E-state index contributed by atoms with van der Waals surface area (Å²) in [5.41, 5.74) is -3.18. The molecule has 50 heavy (non-hydrogen) atoms. The van der Waals surface area contributed by atoms with Crippen LogP contribution in [0.2, 0.25) is 36.3 Å². The molecule has 0 aliphatic carbocycles. The molecule has 2 aliphatic heterocycles. The lowest BCUT2D eigenvalue weighted by Crippen LogP contribution is -2.60. The van der Waals surface area contributed by atoms with Crippen molar-refractivity contribution in [2.75, 3.05) is 6.61 Å². The molecule has 0 saturated carbocycles. The van der Waals surface area contributed by atoms with E-state index in [4.69, 9.17) is 17.8 Å². The van der Waals surface area contributed by atoms with Crippen molar-refractivity contribution in [2.45, 2.75) is 109 Å². The van der Waals surface area contributed by atoms with Crippen LogP contribution in [-0.4, -0.2) is 70.5 Å². The summed E-state index contributed by atoms with van der Waals surface area (Å²) >= 11 is 0. The van der Waals surface area contributed by atoms with Crippen LogP contribution < -0.4 is 21.9 Å². The normalized spacial score (nSPS) is 23.9. The monoisotopic (exact) mass is 750 g/mol. The van der Waals surface area contributed by atoms with Crippen LogP contribution in [0.4, 0.5) is 4.79 Å². The fourth-order valence-electron chi connectivity index (χ4n) is 5.25. The molecule has 1 spiro atoms. The zero-order chi connectivity index (χ0) is 37.8. The second-order valence-electron chi connectivity index (χ2n) is 15.9. The molecular weight excluding hydrogens is 701 g/mol. The quantitative estimate of drug-likeness (QED) is 0.294. The zero-order valence-corrected chi connectivity index (χ0v) is 33.7. The van der Waals surface area contributed by atoms with Crippen LogP contribution in [0.3, 0.4) is 0 Å². The Balaban J connectivity index is 1.94. The molecule has 3 heterocycles. The van der Waals surface area contributed by atoms with Crippen LogP contribution >= 0.6 is 0 Å². The largest absolute Gasteiger partial charge is 0.414 e. The summed E-state index contributed by atoms with van der Waals surface area (Å²) in [4.78, 5) is 52.8. The van der Waals surface area contributed by atoms with E-state index in [2.05, 4.69) is 10.6 Å². The standard InChI is InChI=1S/C33H50N4O10SSi2/c1-21-18-37(30(41)36(8)27(21)39)28-25(46-50(11,12)32(5,6)7)33(24(45-28)19-44-49(9,10)31(2,3)4)23(20-48(42,43)47-33)34-29(40)35-26(38)22-16-14-13-15-17-22/h13-18,20,24-25,28H,19H2,1-12H3,(H2,34,35,38,40). The molecule has 4 unspecified atom stereocenters. The number of hydrogen-bond acceptors (Lipinski definition) is 10. The fourth-order valence-corrected chi connectivity index (χ4v) is 8.78. The molecule has 1 aromatic carbocycles. The fraction of sp³-hybridized carbons (Fsp3) is 0.576. The first-order valence-corrected chi connectivity index (χ1v) is 23.6. The van der Waals surface area contributed by atoms with Gasteiger partial charge in [0.05, 0.1) is 17.7 Å². The molecule has 3 amide bonds. The van der Waals surface area contributed by atoms with Gasteiger partial charge >= 0.3 is 11.7 Å². The summed E-state index contributed by atoms with van der Waals surface area (Å²) in [6, 6.07) is 7.00. The first-order chi connectivity index (χ1) is 22.7. The molecule has 2 aliphatic rings. The molecule has 2 N–H and O–H groups in total. The molecule has 2 aromatic rings. The Bertz CT molecular complexity index is 1910.